The van der Waals surface area contributed by atoms with Gasteiger partial charge >= 0.3 is 0 Å². The van der Waals surface area contributed by atoms with Crippen molar-refractivity contribution in [3.05, 3.63) is 35.4 Å². The van der Waals surface area contributed by atoms with E-state index in [-0.39, 0.29) is 0 Å². The molecule has 1 aromatic carbocycles. The number of hydrogen-bond donors (Lipinski definition) is 1. The third-order valence-electron chi connectivity index (χ3n) is 4.93. The molecule has 21 heavy (non-hydrogen) atoms. The zero-order valence-corrected chi connectivity index (χ0v) is 13.2. The number of fused-ring (bicyclic) bond motifs is 1. The van der Waals surface area contributed by atoms with Crippen LogP contribution in [0.1, 0.15) is 30.9 Å². The molecule has 2 aliphatic rings. The van der Waals surface area contributed by atoms with E-state index in [1.807, 2.05) is 0 Å². The molecule has 1 aromatic rings. The molecule has 116 valence electrons. The number of aryl methyl sites for hydroxylation is 1. The van der Waals surface area contributed by atoms with E-state index in [4.69, 9.17) is 4.74 Å². The molecule has 0 spiro atoms. The standard InChI is InChI=1S/C18H28N2O/c1-2-19-13-18(9-11-21-15-18)14-20-10-5-8-16-6-3-4-7-17(16)12-20/h3-4,6-7,19H,2,5,8-15H2,1H3. The summed E-state index contributed by atoms with van der Waals surface area (Å²) in [6.07, 6.45) is 3.69. The molecule has 1 unspecified atom stereocenters. The molecule has 1 saturated heterocycles. The predicted molar refractivity (Wildman–Crippen MR) is 86.5 cm³/mol. The fourth-order valence-corrected chi connectivity index (χ4v) is 3.74. The second-order valence-electron chi connectivity index (χ2n) is 6.67. The predicted octanol–water partition coefficient (Wildman–Crippen LogP) is 2.45. The molecule has 1 atom stereocenters. The zero-order valence-electron chi connectivity index (χ0n) is 13.2. The summed E-state index contributed by atoms with van der Waals surface area (Å²) < 4.78 is 5.73. The minimum absolute atomic E-state index is 0.315. The van der Waals surface area contributed by atoms with Crippen molar-refractivity contribution >= 4 is 0 Å². The smallest absolute Gasteiger partial charge is 0.0547 e. The van der Waals surface area contributed by atoms with Crippen molar-refractivity contribution in [1.82, 2.24) is 10.2 Å². The number of nitrogens with zero attached hydrogens (tertiary/aromatic N) is 1. The molecule has 0 aromatic heterocycles. The van der Waals surface area contributed by atoms with Crippen LogP contribution in [-0.2, 0) is 17.7 Å². The van der Waals surface area contributed by atoms with Crippen molar-refractivity contribution in [2.45, 2.75) is 32.7 Å². The molecular weight excluding hydrogens is 260 g/mol. The summed E-state index contributed by atoms with van der Waals surface area (Å²) in [6, 6.07) is 8.95. The van der Waals surface area contributed by atoms with E-state index in [0.29, 0.717) is 5.41 Å². The Kier molecular flexibility index (Phi) is 4.94. The molecule has 3 heteroatoms. The second-order valence-corrected chi connectivity index (χ2v) is 6.67. The lowest BCUT2D eigenvalue weighted by atomic mass is 9.86. The first-order valence-electron chi connectivity index (χ1n) is 8.39. The molecular formula is C18H28N2O. The van der Waals surface area contributed by atoms with E-state index in [2.05, 4.69) is 41.4 Å². The van der Waals surface area contributed by atoms with E-state index in [1.165, 1.54) is 31.4 Å². The van der Waals surface area contributed by atoms with Gasteiger partial charge in [0.05, 0.1) is 6.61 Å². The Labute approximate surface area is 128 Å². The summed E-state index contributed by atoms with van der Waals surface area (Å²) in [6.45, 7) is 9.63. The van der Waals surface area contributed by atoms with Gasteiger partial charge in [-0.2, -0.15) is 0 Å². The van der Waals surface area contributed by atoms with Gasteiger partial charge < -0.3 is 10.1 Å². The third-order valence-corrected chi connectivity index (χ3v) is 4.93. The van der Waals surface area contributed by atoms with Crippen LogP contribution in [0.25, 0.3) is 0 Å². The monoisotopic (exact) mass is 288 g/mol. The number of hydrogen-bond acceptors (Lipinski definition) is 3. The summed E-state index contributed by atoms with van der Waals surface area (Å²) in [5.41, 5.74) is 3.38. The zero-order chi connectivity index (χ0) is 14.5. The Morgan fingerprint density at radius 2 is 2.14 bits per heavy atom. The highest BCUT2D eigenvalue weighted by Crippen LogP contribution is 2.31. The van der Waals surface area contributed by atoms with Crippen LogP contribution in [0.2, 0.25) is 0 Å². The number of benzene rings is 1. The summed E-state index contributed by atoms with van der Waals surface area (Å²) in [5.74, 6) is 0. The first-order chi connectivity index (χ1) is 10.3. The molecule has 0 aliphatic carbocycles. The quantitative estimate of drug-likeness (QED) is 0.901. The van der Waals surface area contributed by atoms with Gasteiger partial charge in [-0.25, -0.2) is 0 Å². The van der Waals surface area contributed by atoms with Crippen LogP contribution < -0.4 is 5.32 Å². The molecule has 0 radical (unpaired) electrons. The summed E-state index contributed by atoms with van der Waals surface area (Å²) >= 11 is 0. The van der Waals surface area contributed by atoms with E-state index >= 15 is 0 Å². The first kappa shape index (κ1) is 15.0. The molecule has 0 amide bonds. The average Bonchev–Trinajstić information content (AvgIpc) is 2.85. The van der Waals surface area contributed by atoms with Crippen LogP contribution in [0.15, 0.2) is 24.3 Å². The maximum atomic E-state index is 5.73. The maximum absolute atomic E-state index is 5.73. The highest BCUT2D eigenvalue weighted by molar-refractivity contribution is 5.28. The molecule has 2 aliphatic heterocycles. The van der Waals surface area contributed by atoms with Gasteiger partial charge in [-0.3, -0.25) is 4.90 Å². The van der Waals surface area contributed by atoms with Gasteiger partial charge in [0.25, 0.3) is 0 Å². The Hall–Kier alpha value is -0.900. The largest absolute Gasteiger partial charge is 0.381 e. The Balaban J connectivity index is 1.68. The van der Waals surface area contributed by atoms with Crippen LogP contribution in [0, 0.1) is 5.41 Å². The van der Waals surface area contributed by atoms with Crippen molar-refractivity contribution in [2.75, 3.05) is 39.4 Å². The van der Waals surface area contributed by atoms with Gasteiger partial charge in [0.1, 0.15) is 0 Å². The molecule has 0 saturated carbocycles. The van der Waals surface area contributed by atoms with Gasteiger partial charge in [-0.05, 0) is 43.5 Å². The summed E-state index contributed by atoms with van der Waals surface area (Å²) in [5, 5.41) is 3.55. The lowest BCUT2D eigenvalue weighted by Gasteiger charge is -2.34. The van der Waals surface area contributed by atoms with Crippen molar-refractivity contribution in [2.24, 2.45) is 5.41 Å². The third kappa shape index (κ3) is 3.65. The van der Waals surface area contributed by atoms with Gasteiger partial charge in [0.2, 0.25) is 0 Å². The lowest BCUT2D eigenvalue weighted by molar-refractivity contribution is 0.106. The topological polar surface area (TPSA) is 24.5 Å². The molecule has 3 nitrogen and oxygen atoms in total. The van der Waals surface area contributed by atoms with Gasteiger partial charge in [-0.1, -0.05) is 31.2 Å². The van der Waals surface area contributed by atoms with E-state index in [0.717, 1.165) is 39.4 Å². The fraction of sp³-hybridized carbons (Fsp3) is 0.667. The van der Waals surface area contributed by atoms with Crippen LogP contribution in [0.4, 0.5) is 0 Å². The Morgan fingerprint density at radius 3 is 2.90 bits per heavy atom. The van der Waals surface area contributed by atoms with E-state index in [1.54, 1.807) is 5.56 Å². The maximum Gasteiger partial charge on any atom is 0.0547 e. The van der Waals surface area contributed by atoms with Crippen molar-refractivity contribution in [1.29, 1.82) is 0 Å². The van der Waals surface area contributed by atoms with Crippen LogP contribution >= 0.6 is 0 Å². The van der Waals surface area contributed by atoms with Crippen molar-refractivity contribution < 1.29 is 4.74 Å². The summed E-state index contributed by atoms with van der Waals surface area (Å²) in [7, 11) is 0. The highest BCUT2D eigenvalue weighted by Gasteiger charge is 2.36. The SMILES string of the molecule is CCNCC1(CN2CCCc3ccccc3C2)CCOC1. The Morgan fingerprint density at radius 1 is 1.29 bits per heavy atom. The van der Waals surface area contributed by atoms with Crippen LogP contribution in [0.3, 0.4) is 0 Å². The first-order valence-corrected chi connectivity index (χ1v) is 8.39. The summed E-state index contributed by atoms with van der Waals surface area (Å²) in [4.78, 5) is 2.65. The van der Waals surface area contributed by atoms with Crippen molar-refractivity contribution in [3.63, 3.8) is 0 Å². The van der Waals surface area contributed by atoms with E-state index in [9.17, 15) is 0 Å². The van der Waals surface area contributed by atoms with Gasteiger partial charge in [0.15, 0.2) is 0 Å². The normalized spacial score (nSPS) is 26.5. The average molecular weight is 288 g/mol. The lowest BCUT2D eigenvalue weighted by Crippen LogP contribution is -2.44. The molecule has 0 bridgehead atoms. The minimum atomic E-state index is 0.315. The molecule has 1 fully saturated rings. The van der Waals surface area contributed by atoms with Gasteiger partial charge in [0, 0.05) is 31.7 Å². The number of nitrogens with one attached hydrogen (secondary N) is 1. The molecule has 3 rings (SSSR count). The van der Waals surface area contributed by atoms with E-state index < -0.39 is 0 Å². The number of ether oxygens (including phenoxy) is 1. The van der Waals surface area contributed by atoms with Crippen LogP contribution in [-0.4, -0.2) is 44.3 Å². The Bertz CT molecular complexity index is 454. The van der Waals surface area contributed by atoms with Crippen molar-refractivity contribution in [3.8, 4) is 0 Å². The van der Waals surface area contributed by atoms with Gasteiger partial charge in [-0.15, -0.1) is 0 Å². The molecule has 2 heterocycles. The highest BCUT2D eigenvalue weighted by atomic mass is 16.5. The fourth-order valence-electron chi connectivity index (χ4n) is 3.74. The number of rotatable bonds is 5. The second kappa shape index (κ2) is 6.91. The van der Waals surface area contributed by atoms with Crippen LogP contribution in [0.5, 0.6) is 0 Å². The molecule has 1 N–H and O–H groups in total. The minimum Gasteiger partial charge on any atom is -0.381 e.